The lowest BCUT2D eigenvalue weighted by atomic mass is 9.55. The number of benzene rings is 2. The summed E-state index contributed by atoms with van der Waals surface area (Å²) < 4.78 is 43.1. The second kappa shape index (κ2) is 9.24. The third-order valence-corrected chi connectivity index (χ3v) is 10.8. The number of hydrogen-bond acceptors (Lipinski definition) is 5. The normalized spacial score (nSPS) is 22.4. The highest BCUT2D eigenvalue weighted by Gasteiger charge is 2.57. The molecule has 4 aromatic rings. The van der Waals surface area contributed by atoms with Crippen molar-refractivity contribution in [3.05, 3.63) is 113 Å². The largest absolute Gasteiger partial charge is 0.383 e. The molecule has 6 rings (SSSR count). The van der Waals surface area contributed by atoms with Crippen LogP contribution in [-0.2, 0) is 21.9 Å². The van der Waals surface area contributed by atoms with E-state index < -0.39 is 26.1 Å². The molecule has 1 unspecified atom stereocenters. The topological polar surface area (TPSA) is 85.1 Å². The number of aromatic nitrogens is 3. The average Bonchev–Trinajstić information content (AvgIpc) is 3.34. The van der Waals surface area contributed by atoms with E-state index in [-0.39, 0.29) is 12.2 Å². The van der Waals surface area contributed by atoms with E-state index in [0.29, 0.717) is 29.9 Å². The Kier molecular flexibility index (Phi) is 6.08. The Balaban J connectivity index is 1.48. The molecule has 0 bridgehead atoms. The van der Waals surface area contributed by atoms with Gasteiger partial charge in [-0.15, -0.1) is 0 Å². The molecule has 0 amide bonds. The van der Waals surface area contributed by atoms with E-state index >= 15 is 0 Å². The van der Waals surface area contributed by atoms with E-state index in [1.807, 2.05) is 31.2 Å². The van der Waals surface area contributed by atoms with Gasteiger partial charge in [-0.05, 0) is 99.7 Å². The average molecular weight is 544 g/mol. The molecule has 1 N–H and O–H groups in total. The van der Waals surface area contributed by atoms with Crippen LogP contribution in [-0.4, -0.2) is 33.5 Å². The SMILES string of the molecule is Cc1ccc(S(=O)(=O)[C@@H]2CCC3=Cc4c(cnn4-c4ccc(F)cc4)C[C@]3(C(C)(O)c3ccccn3)C2)cc1. The van der Waals surface area contributed by atoms with E-state index in [1.54, 1.807) is 60.4 Å². The lowest BCUT2D eigenvalue weighted by Gasteiger charge is -2.52. The molecule has 2 aromatic heterocycles. The molecule has 2 aliphatic carbocycles. The van der Waals surface area contributed by atoms with Crippen molar-refractivity contribution < 1.29 is 17.9 Å². The summed E-state index contributed by atoms with van der Waals surface area (Å²) in [5, 5.41) is 16.2. The fourth-order valence-corrected chi connectivity index (χ4v) is 8.13. The molecular weight excluding hydrogens is 513 g/mol. The zero-order valence-corrected chi connectivity index (χ0v) is 22.7. The standard InChI is InChI=1S/C31H30FN3O3S/c1-21-6-13-26(14-7-21)39(37,38)27-15-8-23-17-28-22(20-34-35(28)25-11-9-24(32)10-12-25)18-31(23,19-27)30(2,36)29-5-3-4-16-33-29/h3-7,9-14,16-17,20,27,36H,8,15,18-19H2,1-2H3/t27-,30?,31+/m1/s1. The van der Waals surface area contributed by atoms with Gasteiger partial charge >= 0.3 is 0 Å². The first-order valence-corrected chi connectivity index (χ1v) is 14.6. The maximum atomic E-state index is 13.9. The Labute approximate surface area is 227 Å². The van der Waals surface area contributed by atoms with Gasteiger partial charge in [-0.2, -0.15) is 5.10 Å². The molecular formula is C31H30FN3O3S. The van der Waals surface area contributed by atoms with Crippen molar-refractivity contribution in [2.45, 2.75) is 55.3 Å². The first kappa shape index (κ1) is 25.6. The molecule has 39 heavy (non-hydrogen) atoms. The van der Waals surface area contributed by atoms with Gasteiger partial charge in [0.2, 0.25) is 0 Å². The molecule has 8 heteroatoms. The Bertz CT molecular complexity index is 1660. The minimum absolute atomic E-state index is 0.250. The van der Waals surface area contributed by atoms with E-state index in [2.05, 4.69) is 10.1 Å². The van der Waals surface area contributed by atoms with Crippen LogP contribution in [0.5, 0.6) is 0 Å². The summed E-state index contributed by atoms with van der Waals surface area (Å²) in [6.45, 7) is 3.68. The predicted molar refractivity (Wildman–Crippen MR) is 147 cm³/mol. The molecule has 0 radical (unpaired) electrons. The van der Waals surface area contributed by atoms with Crippen molar-refractivity contribution in [1.29, 1.82) is 0 Å². The Morgan fingerprint density at radius 3 is 2.51 bits per heavy atom. The Morgan fingerprint density at radius 1 is 1.08 bits per heavy atom. The second-order valence-corrected chi connectivity index (χ2v) is 13.1. The second-order valence-electron chi connectivity index (χ2n) is 10.9. The first-order valence-electron chi connectivity index (χ1n) is 13.1. The Morgan fingerprint density at radius 2 is 1.82 bits per heavy atom. The summed E-state index contributed by atoms with van der Waals surface area (Å²) >= 11 is 0. The van der Waals surface area contributed by atoms with Gasteiger partial charge in [0.25, 0.3) is 0 Å². The number of halogens is 1. The van der Waals surface area contributed by atoms with Crippen LogP contribution in [0.25, 0.3) is 11.8 Å². The van der Waals surface area contributed by atoms with Gasteiger partial charge in [-0.3, -0.25) is 4.98 Å². The van der Waals surface area contributed by atoms with E-state index in [0.717, 1.165) is 28.1 Å². The smallest absolute Gasteiger partial charge is 0.181 e. The van der Waals surface area contributed by atoms with Crippen molar-refractivity contribution in [2.24, 2.45) is 5.41 Å². The zero-order chi connectivity index (χ0) is 27.4. The number of hydrogen-bond donors (Lipinski definition) is 1. The monoisotopic (exact) mass is 543 g/mol. The number of rotatable bonds is 5. The van der Waals surface area contributed by atoms with Gasteiger partial charge in [-0.1, -0.05) is 29.3 Å². The number of sulfone groups is 1. The van der Waals surface area contributed by atoms with Gasteiger partial charge in [0.15, 0.2) is 9.84 Å². The highest BCUT2D eigenvalue weighted by molar-refractivity contribution is 7.92. The van der Waals surface area contributed by atoms with Gasteiger partial charge in [0.1, 0.15) is 11.4 Å². The molecule has 2 aliphatic rings. The Hall–Kier alpha value is -3.62. The van der Waals surface area contributed by atoms with Gasteiger partial charge < -0.3 is 5.11 Å². The number of fused-ring (bicyclic) bond motifs is 2. The van der Waals surface area contributed by atoms with E-state index in [9.17, 15) is 17.9 Å². The van der Waals surface area contributed by atoms with E-state index in [1.165, 1.54) is 12.1 Å². The maximum absolute atomic E-state index is 13.9. The molecule has 3 atom stereocenters. The molecule has 200 valence electrons. The third-order valence-electron chi connectivity index (χ3n) is 8.57. The van der Waals surface area contributed by atoms with Crippen molar-refractivity contribution >= 4 is 15.9 Å². The van der Waals surface area contributed by atoms with Crippen molar-refractivity contribution in [3.63, 3.8) is 0 Å². The van der Waals surface area contributed by atoms with Crippen molar-refractivity contribution in [2.75, 3.05) is 0 Å². The van der Waals surface area contributed by atoms with Crippen LogP contribution < -0.4 is 0 Å². The maximum Gasteiger partial charge on any atom is 0.181 e. The minimum Gasteiger partial charge on any atom is -0.383 e. The van der Waals surface area contributed by atoms with E-state index in [4.69, 9.17) is 0 Å². The molecule has 1 fully saturated rings. The molecule has 0 aliphatic heterocycles. The highest BCUT2D eigenvalue weighted by Crippen LogP contribution is 2.58. The predicted octanol–water partition coefficient (Wildman–Crippen LogP) is 5.57. The summed E-state index contributed by atoms with van der Waals surface area (Å²) in [5.41, 5.74) is 2.60. The summed E-state index contributed by atoms with van der Waals surface area (Å²) in [6.07, 6.45) is 7.06. The van der Waals surface area contributed by atoms with Crippen LogP contribution in [0, 0.1) is 18.2 Å². The van der Waals surface area contributed by atoms with Crippen molar-refractivity contribution in [3.8, 4) is 5.69 Å². The van der Waals surface area contributed by atoms with Gasteiger partial charge in [-0.25, -0.2) is 17.5 Å². The fourth-order valence-electron chi connectivity index (χ4n) is 6.30. The molecule has 1 saturated carbocycles. The molecule has 0 saturated heterocycles. The van der Waals surface area contributed by atoms with Crippen LogP contribution in [0.3, 0.4) is 0 Å². The third kappa shape index (κ3) is 4.13. The molecule has 6 nitrogen and oxygen atoms in total. The first-order chi connectivity index (χ1) is 18.6. The highest BCUT2D eigenvalue weighted by atomic mass is 32.2. The van der Waals surface area contributed by atoms with Crippen LogP contribution in [0.4, 0.5) is 4.39 Å². The summed E-state index contributed by atoms with van der Waals surface area (Å²) in [4.78, 5) is 4.80. The number of aliphatic hydroxyl groups is 1. The minimum atomic E-state index is -3.64. The summed E-state index contributed by atoms with van der Waals surface area (Å²) in [6, 6.07) is 18.6. The van der Waals surface area contributed by atoms with Gasteiger partial charge in [0, 0.05) is 11.6 Å². The van der Waals surface area contributed by atoms with Gasteiger partial charge in [0.05, 0.1) is 33.4 Å². The summed E-state index contributed by atoms with van der Waals surface area (Å²) in [7, 11) is -3.64. The van der Waals surface area contributed by atoms with Crippen LogP contribution in [0.15, 0.2) is 89.6 Å². The van der Waals surface area contributed by atoms with Crippen LogP contribution in [0.2, 0.25) is 0 Å². The fraction of sp³-hybridized carbons (Fsp3) is 0.290. The number of pyridine rings is 1. The summed E-state index contributed by atoms with van der Waals surface area (Å²) in [5.74, 6) is -0.323. The lowest BCUT2D eigenvalue weighted by molar-refractivity contribution is -0.0717. The van der Waals surface area contributed by atoms with Crippen molar-refractivity contribution in [1.82, 2.24) is 14.8 Å². The number of nitrogens with zero attached hydrogens (tertiary/aromatic N) is 3. The van der Waals surface area contributed by atoms with Crippen LogP contribution in [0.1, 0.15) is 48.7 Å². The zero-order valence-electron chi connectivity index (χ0n) is 21.9. The molecule has 2 aromatic carbocycles. The number of aryl methyl sites for hydroxylation is 1. The quantitative estimate of drug-likeness (QED) is 0.356. The molecule has 0 spiro atoms. The molecule has 2 heterocycles. The van der Waals surface area contributed by atoms with Crippen LogP contribution >= 0.6 is 0 Å². The lowest BCUT2D eigenvalue weighted by Crippen LogP contribution is -2.53.